The molecule has 0 heterocycles. The number of aryl methyl sites for hydroxylation is 1. The largest absolute Gasteiger partial charge is 0.511 e. The van der Waals surface area contributed by atoms with Crippen molar-refractivity contribution < 1.29 is 14.6 Å². The summed E-state index contributed by atoms with van der Waals surface area (Å²) < 4.78 is 5.08. The smallest absolute Gasteiger partial charge is 0.449 e. The second kappa shape index (κ2) is 11.9. The summed E-state index contributed by atoms with van der Waals surface area (Å²) in [5.41, 5.74) is 3.87. The minimum absolute atomic E-state index is 0.541. The predicted octanol–water partition coefficient (Wildman–Crippen LogP) is 6.55. The van der Waals surface area contributed by atoms with E-state index in [4.69, 9.17) is 9.84 Å². The Hall–Kier alpha value is -1.51. The van der Waals surface area contributed by atoms with Crippen LogP contribution in [-0.4, -0.2) is 11.3 Å². The van der Waals surface area contributed by atoms with Crippen LogP contribution in [0.3, 0.4) is 0 Å². The van der Waals surface area contributed by atoms with E-state index in [0.717, 1.165) is 50.5 Å². The van der Waals surface area contributed by atoms with Gasteiger partial charge in [0.15, 0.2) is 0 Å². The molecule has 0 amide bonds. The molecule has 1 aromatic rings. The van der Waals surface area contributed by atoms with Crippen molar-refractivity contribution in [3.8, 4) is 5.75 Å². The fourth-order valence-corrected chi connectivity index (χ4v) is 3.18. The SMILES string of the molecule is CCCCCCc1ccc(OC(=O)O)c(CCCC)c1CCCC. The molecule has 0 spiro atoms. The normalized spacial score (nSPS) is 10.8. The van der Waals surface area contributed by atoms with E-state index in [0.29, 0.717) is 5.75 Å². The summed E-state index contributed by atoms with van der Waals surface area (Å²) in [4.78, 5) is 11.0. The lowest BCUT2D eigenvalue weighted by molar-refractivity contribution is 0.144. The van der Waals surface area contributed by atoms with E-state index in [1.807, 2.05) is 6.07 Å². The highest BCUT2D eigenvalue weighted by Gasteiger charge is 2.16. The number of carbonyl (C=O) groups is 1. The van der Waals surface area contributed by atoms with Crippen LogP contribution in [0.15, 0.2) is 12.1 Å². The Balaban J connectivity index is 3.08. The van der Waals surface area contributed by atoms with Gasteiger partial charge in [0.05, 0.1) is 0 Å². The molecule has 0 atom stereocenters. The van der Waals surface area contributed by atoms with E-state index in [1.54, 1.807) is 0 Å². The van der Waals surface area contributed by atoms with Crippen LogP contribution in [-0.2, 0) is 19.3 Å². The summed E-state index contributed by atoms with van der Waals surface area (Å²) in [7, 11) is 0. The average Bonchev–Trinajstić information content (AvgIpc) is 2.56. The maximum absolute atomic E-state index is 11.0. The third kappa shape index (κ3) is 6.94. The van der Waals surface area contributed by atoms with Crippen LogP contribution in [0.1, 0.15) is 88.8 Å². The van der Waals surface area contributed by atoms with Crippen LogP contribution in [0.25, 0.3) is 0 Å². The van der Waals surface area contributed by atoms with Gasteiger partial charge in [-0.25, -0.2) is 4.79 Å². The molecule has 24 heavy (non-hydrogen) atoms. The summed E-state index contributed by atoms with van der Waals surface area (Å²) in [6, 6.07) is 3.95. The fourth-order valence-electron chi connectivity index (χ4n) is 3.18. The molecule has 0 saturated carbocycles. The van der Waals surface area contributed by atoms with Gasteiger partial charge in [-0.2, -0.15) is 0 Å². The topological polar surface area (TPSA) is 46.5 Å². The molecule has 1 rings (SSSR count). The van der Waals surface area contributed by atoms with Crippen molar-refractivity contribution in [2.75, 3.05) is 0 Å². The molecule has 1 aromatic carbocycles. The first kappa shape index (κ1) is 20.5. The highest BCUT2D eigenvalue weighted by molar-refractivity contribution is 5.63. The Morgan fingerprint density at radius 1 is 0.833 bits per heavy atom. The third-order valence-electron chi connectivity index (χ3n) is 4.54. The van der Waals surface area contributed by atoms with Gasteiger partial charge in [-0.15, -0.1) is 0 Å². The Labute approximate surface area is 147 Å². The average molecular weight is 335 g/mol. The van der Waals surface area contributed by atoms with Crippen molar-refractivity contribution >= 4 is 6.16 Å². The number of ether oxygens (including phenoxy) is 1. The molecule has 0 aliphatic heterocycles. The van der Waals surface area contributed by atoms with Gasteiger partial charge in [0.1, 0.15) is 5.75 Å². The highest BCUT2D eigenvalue weighted by Crippen LogP contribution is 2.30. The van der Waals surface area contributed by atoms with Crippen molar-refractivity contribution in [1.29, 1.82) is 0 Å². The lowest BCUT2D eigenvalue weighted by atomic mass is 9.90. The van der Waals surface area contributed by atoms with Gasteiger partial charge in [-0.3, -0.25) is 0 Å². The second-order valence-corrected chi connectivity index (χ2v) is 6.57. The zero-order chi connectivity index (χ0) is 17.8. The minimum atomic E-state index is -1.22. The summed E-state index contributed by atoms with van der Waals surface area (Å²) in [5.74, 6) is 0.541. The Morgan fingerprint density at radius 3 is 2.04 bits per heavy atom. The molecule has 0 aliphatic rings. The third-order valence-corrected chi connectivity index (χ3v) is 4.54. The molecule has 0 saturated heterocycles. The maximum atomic E-state index is 11.0. The van der Waals surface area contributed by atoms with E-state index >= 15 is 0 Å². The molecule has 136 valence electrons. The van der Waals surface area contributed by atoms with Crippen molar-refractivity contribution in [2.24, 2.45) is 0 Å². The van der Waals surface area contributed by atoms with Crippen molar-refractivity contribution in [2.45, 2.75) is 91.4 Å². The van der Waals surface area contributed by atoms with Gasteiger partial charge in [0.2, 0.25) is 0 Å². The molecule has 0 aliphatic carbocycles. The number of unbranched alkanes of at least 4 members (excludes halogenated alkanes) is 5. The molecule has 0 unspecified atom stereocenters. The van der Waals surface area contributed by atoms with Crippen molar-refractivity contribution in [1.82, 2.24) is 0 Å². The molecule has 3 heteroatoms. The number of hydrogen-bond acceptors (Lipinski definition) is 2. The minimum Gasteiger partial charge on any atom is -0.449 e. The van der Waals surface area contributed by atoms with Crippen LogP contribution in [0.4, 0.5) is 4.79 Å². The molecule has 0 bridgehead atoms. The monoisotopic (exact) mass is 334 g/mol. The van der Waals surface area contributed by atoms with Gasteiger partial charge in [0.25, 0.3) is 0 Å². The molecular weight excluding hydrogens is 300 g/mol. The standard InChI is InChI=1S/C21H34O3/c1-4-7-10-11-12-17-15-16-20(24-21(22)23)19(14-9-6-3)18(17)13-8-5-2/h15-16H,4-14H2,1-3H3,(H,22,23). The van der Waals surface area contributed by atoms with Gasteiger partial charge in [0, 0.05) is 0 Å². The lowest BCUT2D eigenvalue weighted by Crippen LogP contribution is -2.09. The molecule has 1 N–H and O–H groups in total. The quantitative estimate of drug-likeness (QED) is 0.268. The van der Waals surface area contributed by atoms with Gasteiger partial charge in [-0.05, 0) is 61.3 Å². The summed E-state index contributed by atoms with van der Waals surface area (Å²) in [5, 5.41) is 9.03. The Morgan fingerprint density at radius 2 is 1.46 bits per heavy atom. The summed E-state index contributed by atoms with van der Waals surface area (Å²) in [6.45, 7) is 6.59. The van der Waals surface area contributed by atoms with E-state index in [9.17, 15) is 4.79 Å². The molecule has 3 nitrogen and oxygen atoms in total. The lowest BCUT2D eigenvalue weighted by Gasteiger charge is -2.18. The first-order chi connectivity index (χ1) is 11.6. The van der Waals surface area contributed by atoms with Crippen LogP contribution in [0.2, 0.25) is 0 Å². The maximum Gasteiger partial charge on any atom is 0.511 e. The first-order valence-electron chi connectivity index (χ1n) is 9.68. The van der Waals surface area contributed by atoms with Crippen LogP contribution in [0, 0.1) is 0 Å². The number of benzene rings is 1. The number of rotatable bonds is 12. The number of hydrogen-bond donors (Lipinski definition) is 1. The second-order valence-electron chi connectivity index (χ2n) is 6.57. The Bertz CT molecular complexity index is 494. The summed E-state index contributed by atoms with van der Waals surface area (Å²) >= 11 is 0. The molecule has 0 aromatic heterocycles. The van der Waals surface area contributed by atoms with Crippen LogP contribution < -0.4 is 4.74 Å². The van der Waals surface area contributed by atoms with Gasteiger partial charge >= 0.3 is 6.16 Å². The van der Waals surface area contributed by atoms with Gasteiger partial charge < -0.3 is 9.84 Å². The Kier molecular flexibility index (Phi) is 10.2. The van der Waals surface area contributed by atoms with Gasteiger partial charge in [-0.1, -0.05) is 58.9 Å². The first-order valence-corrected chi connectivity index (χ1v) is 9.68. The van der Waals surface area contributed by atoms with Crippen molar-refractivity contribution in [3.05, 3.63) is 28.8 Å². The zero-order valence-corrected chi connectivity index (χ0v) is 15.7. The predicted molar refractivity (Wildman–Crippen MR) is 100 cm³/mol. The zero-order valence-electron chi connectivity index (χ0n) is 15.7. The van der Waals surface area contributed by atoms with Crippen LogP contribution >= 0.6 is 0 Å². The van der Waals surface area contributed by atoms with Crippen LogP contribution in [0.5, 0.6) is 5.75 Å². The molecular formula is C21H34O3. The van der Waals surface area contributed by atoms with Crippen molar-refractivity contribution in [3.63, 3.8) is 0 Å². The number of carboxylic acid groups (broad SMARTS) is 1. The fraction of sp³-hybridized carbons (Fsp3) is 0.667. The summed E-state index contributed by atoms with van der Waals surface area (Å²) in [6.07, 6.45) is 11.2. The van der Waals surface area contributed by atoms with E-state index in [1.165, 1.54) is 36.8 Å². The molecule has 0 radical (unpaired) electrons. The molecule has 0 fully saturated rings. The van der Waals surface area contributed by atoms with E-state index < -0.39 is 6.16 Å². The van der Waals surface area contributed by atoms with E-state index in [-0.39, 0.29) is 0 Å². The highest BCUT2D eigenvalue weighted by atomic mass is 16.7. The van der Waals surface area contributed by atoms with E-state index in [2.05, 4.69) is 26.8 Å².